The number of hydrogen-bond acceptors (Lipinski definition) is 8. The summed E-state index contributed by atoms with van der Waals surface area (Å²) in [5.74, 6) is -0.565. The maximum absolute atomic E-state index is 13.4. The van der Waals surface area contributed by atoms with Crippen molar-refractivity contribution in [2.24, 2.45) is 0 Å². The third kappa shape index (κ3) is 7.07. The van der Waals surface area contributed by atoms with Crippen LogP contribution in [0.5, 0.6) is 0 Å². The minimum absolute atomic E-state index is 0.126. The number of rotatable bonds is 10. The van der Waals surface area contributed by atoms with Crippen molar-refractivity contribution >= 4 is 39.4 Å². The van der Waals surface area contributed by atoms with Crippen LogP contribution in [-0.4, -0.2) is 50.6 Å². The van der Waals surface area contributed by atoms with Crippen LogP contribution in [0.4, 0.5) is 36.3 Å². The summed E-state index contributed by atoms with van der Waals surface area (Å²) in [4.78, 5) is 7.68. The SMILES string of the molecule is COCC[C@@H](C)Nc1nc(Nc2cccc(NS(C)(=O)=O)c2C=N)ncc1C(F)(F)F. The fourth-order valence-corrected chi connectivity index (χ4v) is 3.18. The van der Waals surface area contributed by atoms with Crippen molar-refractivity contribution in [1.82, 2.24) is 9.97 Å². The molecule has 0 saturated heterocycles. The molecule has 1 aromatic carbocycles. The number of nitrogens with zero attached hydrogens (tertiary/aromatic N) is 2. The Hall–Kier alpha value is -2.93. The first kappa shape index (κ1) is 24.3. The van der Waals surface area contributed by atoms with Gasteiger partial charge < -0.3 is 20.8 Å². The highest BCUT2D eigenvalue weighted by atomic mass is 32.2. The fourth-order valence-electron chi connectivity index (χ4n) is 2.60. The largest absolute Gasteiger partial charge is 0.421 e. The van der Waals surface area contributed by atoms with Gasteiger partial charge in [-0.2, -0.15) is 18.2 Å². The number of sulfonamides is 1. The molecular formula is C18H23F3N6O3S. The van der Waals surface area contributed by atoms with Crippen LogP contribution < -0.4 is 15.4 Å². The fraction of sp³-hybridized carbons (Fsp3) is 0.389. The number of hydrogen-bond donors (Lipinski definition) is 4. The van der Waals surface area contributed by atoms with Crippen molar-refractivity contribution in [1.29, 1.82) is 5.41 Å². The number of ether oxygens (including phenoxy) is 1. The monoisotopic (exact) mass is 460 g/mol. The molecule has 0 aliphatic rings. The Bertz CT molecular complexity index is 1030. The van der Waals surface area contributed by atoms with Crippen molar-refractivity contribution < 1.29 is 26.3 Å². The Kier molecular flexibility index (Phi) is 7.79. The molecule has 170 valence electrons. The Balaban J connectivity index is 2.40. The van der Waals surface area contributed by atoms with Crippen LogP contribution in [0.3, 0.4) is 0 Å². The van der Waals surface area contributed by atoms with E-state index in [1.807, 2.05) is 0 Å². The summed E-state index contributed by atoms with van der Waals surface area (Å²) in [7, 11) is -2.11. The number of alkyl halides is 3. The van der Waals surface area contributed by atoms with E-state index in [4.69, 9.17) is 10.1 Å². The van der Waals surface area contributed by atoms with E-state index in [1.165, 1.54) is 25.3 Å². The minimum Gasteiger partial charge on any atom is -0.385 e. The summed E-state index contributed by atoms with van der Waals surface area (Å²) in [5, 5.41) is 13.1. The van der Waals surface area contributed by atoms with Gasteiger partial charge in [-0.1, -0.05) is 6.07 Å². The summed E-state index contributed by atoms with van der Waals surface area (Å²) in [6, 6.07) is 4.12. The zero-order valence-electron chi connectivity index (χ0n) is 17.0. The van der Waals surface area contributed by atoms with Gasteiger partial charge in [-0.3, -0.25) is 4.72 Å². The van der Waals surface area contributed by atoms with Gasteiger partial charge in [0, 0.05) is 37.7 Å². The van der Waals surface area contributed by atoms with Crippen LogP contribution in [0.15, 0.2) is 24.4 Å². The molecule has 0 unspecified atom stereocenters. The van der Waals surface area contributed by atoms with Crippen molar-refractivity contribution in [3.63, 3.8) is 0 Å². The van der Waals surface area contributed by atoms with E-state index < -0.39 is 27.6 Å². The molecule has 0 saturated carbocycles. The zero-order chi connectivity index (χ0) is 23.2. The first-order valence-electron chi connectivity index (χ1n) is 9.02. The van der Waals surface area contributed by atoms with Crippen LogP contribution in [0.2, 0.25) is 0 Å². The molecule has 0 fully saturated rings. The van der Waals surface area contributed by atoms with Crippen molar-refractivity contribution in [3.05, 3.63) is 35.5 Å². The van der Waals surface area contributed by atoms with Gasteiger partial charge in [-0.15, -0.1) is 0 Å². The van der Waals surface area contributed by atoms with Crippen LogP contribution in [0.1, 0.15) is 24.5 Å². The molecule has 2 aromatic rings. The average molecular weight is 460 g/mol. The van der Waals surface area contributed by atoms with Crippen molar-refractivity contribution in [2.75, 3.05) is 35.3 Å². The standard InChI is InChI=1S/C18H23F3N6O3S/c1-11(7-8-30-2)24-16-13(18(19,20)21)10-23-17(26-16)25-14-5-4-6-15(12(14)9-22)27-31(3,28)29/h4-6,9-11,22,27H,7-8H2,1-3H3,(H2,23,24,25,26)/t11-/m1/s1. The highest BCUT2D eigenvalue weighted by Crippen LogP contribution is 2.35. The first-order chi connectivity index (χ1) is 14.4. The first-order valence-corrected chi connectivity index (χ1v) is 10.9. The van der Waals surface area contributed by atoms with Crippen LogP contribution in [0, 0.1) is 5.41 Å². The lowest BCUT2D eigenvalue weighted by Crippen LogP contribution is -2.22. The quantitative estimate of drug-likeness (QED) is 0.400. The van der Waals surface area contributed by atoms with E-state index in [9.17, 15) is 21.6 Å². The number of halogens is 3. The third-order valence-corrected chi connectivity index (χ3v) is 4.62. The summed E-state index contributed by atoms with van der Waals surface area (Å²) in [6.07, 6.45) is -1.68. The highest BCUT2D eigenvalue weighted by Gasteiger charge is 2.35. The third-order valence-electron chi connectivity index (χ3n) is 4.02. The van der Waals surface area contributed by atoms with Crippen molar-refractivity contribution in [3.8, 4) is 0 Å². The molecule has 0 amide bonds. The molecule has 0 spiro atoms. The molecular weight excluding hydrogens is 437 g/mol. The predicted molar refractivity (Wildman–Crippen MR) is 113 cm³/mol. The Morgan fingerprint density at radius 2 is 1.97 bits per heavy atom. The lowest BCUT2D eigenvalue weighted by molar-refractivity contribution is -0.137. The number of anilines is 4. The number of nitrogens with one attached hydrogen (secondary N) is 4. The van der Waals surface area contributed by atoms with Gasteiger partial charge in [0.15, 0.2) is 0 Å². The molecule has 4 N–H and O–H groups in total. The molecule has 2 rings (SSSR count). The molecule has 13 heteroatoms. The summed E-state index contributed by atoms with van der Waals surface area (Å²) >= 11 is 0. The number of benzene rings is 1. The normalized spacial score (nSPS) is 12.8. The van der Waals surface area contributed by atoms with Gasteiger partial charge in [0.25, 0.3) is 0 Å². The van der Waals surface area contributed by atoms with E-state index in [2.05, 4.69) is 25.3 Å². The molecule has 0 aliphatic carbocycles. The smallest absolute Gasteiger partial charge is 0.385 e. The average Bonchev–Trinajstić information content (AvgIpc) is 2.64. The topological polar surface area (TPSA) is 129 Å². The molecule has 0 radical (unpaired) electrons. The van der Waals surface area contributed by atoms with E-state index in [-0.39, 0.29) is 28.9 Å². The van der Waals surface area contributed by atoms with E-state index >= 15 is 0 Å². The number of methoxy groups -OCH3 is 1. The van der Waals surface area contributed by atoms with Gasteiger partial charge in [-0.25, -0.2) is 13.4 Å². The number of aromatic nitrogens is 2. The second-order valence-corrected chi connectivity index (χ2v) is 8.44. The second kappa shape index (κ2) is 9.92. The van der Waals surface area contributed by atoms with E-state index in [0.717, 1.165) is 12.5 Å². The van der Waals surface area contributed by atoms with E-state index in [0.29, 0.717) is 19.2 Å². The molecule has 1 atom stereocenters. The Labute approximate surface area is 178 Å². The van der Waals surface area contributed by atoms with Crippen LogP contribution in [0.25, 0.3) is 0 Å². The molecule has 31 heavy (non-hydrogen) atoms. The summed E-state index contributed by atoms with van der Waals surface area (Å²) in [6.45, 7) is 2.05. The molecule has 0 bridgehead atoms. The van der Waals surface area contributed by atoms with Gasteiger partial charge in [0.05, 0.1) is 17.6 Å². The maximum atomic E-state index is 13.4. The summed E-state index contributed by atoms with van der Waals surface area (Å²) in [5.41, 5.74) is -0.496. The van der Waals surface area contributed by atoms with Gasteiger partial charge in [0.1, 0.15) is 11.4 Å². The molecule has 9 nitrogen and oxygen atoms in total. The summed E-state index contributed by atoms with van der Waals surface area (Å²) < 4.78 is 70.4. The van der Waals surface area contributed by atoms with E-state index in [1.54, 1.807) is 6.92 Å². The second-order valence-electron chi connectivity index (χ2n) is 6.69. The lowest BCUT2D eigenvalue weighted by Gasteiger charge is -2.19. The maximum Gasteiger partial charge on any atom is 0.421 e. The lowest BCUT2D eigenvalue weighted by atomic mass is 10.1. The highest BCUT2D eigenvalue weighted by molar-refractivity contribution is 7.92. The van der Waals surface area contributed by atoms with Gasteiger partial charge in [-0.05, 0) is 25.5 Å². The van der Waals surface area contributed by atoms with Crippen LogP contribution in [-0.2, 0) is 20.9 Å². The minimum atomic E-state index is -4.67. The predicted octanol–water partition coefficient (Wildman–Crippen LogP) is 3.45. The molecule has 1 aromatic heterocycles. The zero-order valence-corrected chi connectivity index (χ0v) is 17.9. The molecule has 0 aliphatic heterocycles. The van der Waals surface area contributed by atoms with Crippen LogP contribution >= 0.6 is 0 Å². The van der Waals surface area contributed by atoms with Gasteiger partial charge >= 0.3 is 6.18 Å². The Morgan fingerprint density at radius 3 is 2.55 bits per heavy atom. The van der Waals surface area contributed by atoms with Crippen molar-refractivity contribution in [2.45, 2.75) is 25.6 Å². The molecule has 1 heterocycles. The van der Waals surface area contributed by atoms with Gasteiger partial charge in [0.2, 0.25) is 16.0 Å². The Morgan fingerprint density at radius 1 is 1.29 bits per heavy atom.